The summed E-state index contributed by atoms with van der Waals surface area (Å²) in [4.78, 5) is 15.0. The van der Waals surface area contributed by atoms with E-state index in [0.717, 1.165) is 24.2 Å². The van der Waals surface area contributed by atoms with Crippen molar-refractivity contribution < 1.29 is 14.6 Å². The van der Waals surface area contributed by atoms with Gasteiger partial charge in [0, 0.05) is 13.7 Å². The number of anilines is 1. The topological polar surface area (TPSA) is 97.2 Å². The van der Waals surface area contributed by atoms with Crippen LogP contribution in [0.15, 0.2) is 0 Å². The summed E-state index contributed by atoms with van der Waals surface area (Å²) in [6.45, 7) is 4.35. The number of carboxylic acid groups (broad SMARTS) is 1. The average molecular weight is 268 g/mol. The normalized spacial score (nSPS) is 12.2. The van der Waals surface area contributed by atoms with Crippen molar-refractivity contribution in [2.75, 3.05) is 19.0 Å². The number of hydrogen-bond acceptors (Lipinski definition) is 6. The van der Waals surface area contributed by atoms with Gasteiger partial charge in [-0.05, 0) is 12.8 Å². The van der Waals surface area contributed by atoms with E-state index in [9.17, 15) is 4.79 Å². The van der Waals surface area contributed by atoms with E-state index in [1.807, 2.05) is 13.8 Å². The Morgan fingerprint density at radius 3 is 2.53 bits per heavy atom. The van der Waals surface area contributed by atoms with Crippen LogP contribution in [-0.4, -0.2) is 46.0 Å². The third kappa shape index (κ3) is 4.78. The summed E-state index contributed by atoms with van der Waals surface area (Å²) in [6.07, 6.45) is 1.10. The van der Waals surface area contributed by atoms with Gasteiger partial charge in [-0.1, -0.05) is 13.8 Å². The Labute approximate surface area is 112 Å². The lowest BCUT2D eigenvalue weighted by molar-refractivity contribution is -0.139. The maximum absolute atomic E-state index is 10.6. The molecule has 1 rings (SSSR count). The van der Waals surface area contributed by atoms with Gasteiger partial charge in [0.15, 0.2) is 0 Å². The highest BCUT2D eigenvalue weighted by molar-refractivity contribution is 5.67. The first-order chi connectivity index (χ1) is 9.10. The zero-order chi connectivity index (χ0) is 14.3. The number of nitrogens with zero attached hydrogens (tertiary/aromatic N) is 3. The number of aliphatic carboxylic acids is 1. The largest absolute Gasteiger partial charge is 0.481 e. The van der Waals surface area contributed by atoms with Crippen LogP contribution in [-0.2, 0) is 22.4 Å². The monoisotopic (exact) mass is 268 g/mol. The first-order valence-electron chi connectivity index (χ1n) is 6.31. The van der Waals surface area contributed by atoms with Crippen LogP contribution < -0.4 is 5.32 Å². The van der Waals surface area contributed by atoms with Crippen molar-refractivity contribution in [2.24, 2.45) is 0 Å². The molecule has 7 nitrogen and oxygen atoms in total. The molecule has 0 saturated carbocycles. The molecule has 0 aromatic carbocycles. The van der Waals surface area contributed by atoms with Crippen molar-refractivity contribution >= 4 is 11.9 Å². The van der Waals surface area contributed by atoms with Crippen LogP contribution in [0.25, 0.3) is 0 Å². The average Bonchev–Trinajstić information content (AvgIpc) is 2.42. The molecule has 0 aliphatic rings. The fourth-order valence-electron chi connectivity index (χ4n) is 1.65. The lowest BCUT2D eigenvalue weighted by atomic mass is 10.2. The zero-order valence-electron chi connectivity index (χ0n) is 11.5. The van der Waals surface area contributed by atoms with E-state index >= 15 is 0 Å². The maximum Gasteiger partial charge on any atom is 0.306 e. The predicted molar refractivity (Wildman–Crippen MR) is 70.1 cm³/mol. The van der Waals surface area contributed by atoms with Gasteiger partial charge in [-0.25, -0.2) is 4.98 Å². The van der Waals surface area contributed by atoms with E-state index in [0.29, 0.717) is 12.5 Å². The summed E-state index contributed by atoms with van der Waals surface area (Å²) in [5.74, 6) is -0.496. The summed E-state index contributed by atoms with van der Waals surface area (Å²) >= 11 is 0. The minimum Gasteiger partial charge on any atom is -0.481 e. The number of aryl methyl sites for hydroxylation is 2. The Kier molecular flexibility index (Phi) is 6.14. The van der Waals surface area contributed by atoms with Gasteiger partial charge < -0.3 is 15.2 Å². The molecule has 0 aliphatic heterocycles. The molecule has 19 heavy (non-hydrogen) atoms. The summed E-state index contributed by atoms with van der Waals surface area (Å²) in [5, 5.41) is 19.7. The molecular weight excluding hydrogens is 248 g/mol. The van der Waals surface area contributed by atoms with Gasteiger partial charge in [0.25, 0.3) is 0 Å². The van der Waals surface area contributed by atoms with Crippen molar-refractivity contribution in [1.82, 2.24) is 15.2 Å². The van der Waals surface area contributed by atoms with Crippen LogP contribution in [0, 0.1) is 0 Å². The number of rotatable bonds is 8. The number of ether oxygens (including phenoxy) is 1. The van der Waals surface area contributed by atoms with E-state index in [4.69, 9.17) is 9.84 Å². The fraction of sp³-hybridized carbons (Fsp3) is 0.667. The number of hydrogen-bond donors (Lipinski definition) is 2. The highest BCUT2D eigenvalue weighted by Gasteiger charge is 2.13. The molecule has 0 bridgehead atoms. The molecule has 0 saturated heterocycles. The molecule has 0 fully saturated rings. The number of carboxylic acids is 1. The van der Waals surface area contributed by atoms with Crippen LogP contribution >= 0.6 is 0 Å². The molecular formula is C12H20N4O3. The minimum absolute atomic E-state index is 0.0649. The van der Waals surface area contributed by atoms with Gasteiger partial charge in [-0.15, -0.1) is 5.10 Å². The molecule has 7 heteroatoms. The van der Waals surface area contributed by atoms with E-state index in [1.165, 1.54) is 7.11 Å². The van der Waals surface area contributed by atoms with Crippen LogP contribution in [0.4, 0.5) is 5.95 Å². The standard InChI is InChI=1S/C12H20N4O3/c1-4-9-10(5-2)15-16-12(14-9)13-7-8(19-3)6-11(17)18/h8H,4-7H2,1-3H3,(H,17,18)(H,13,14,16). The molecule has 0 spiro atoms. The van der Waals surface area contributed by atoms with Crippen molar-refractivity contribution in [2.45, 2.75) is 39.2 Å². The predicted octanol–water partition coefficient (Wildman–Crippen LogP) is 0.898. The van der Waals surface area contributed by atoms with Crippen LogP contribution in [0.2, 0.25) is 0 Å². The highest BCUT2D eigenvalue weighted by Crippen LogP contribution is 2.07. The van der Waals surface area contributed by atoms with Crippen molar-refractivity contribution in [3.05, 3.63) is 11.4 Å². The van der Waals surface area contributed by atoms with Gasteiger partial charge in [-0.3, -0.25) is 4.79 Å². The quantitative estimate of drug-likeness (QED) is 0.722. The molecule has 1 aromatic rings. The SMILES string of the molecule is CCc1nnc(NCC(CC(=O)O)OC)nc1CC. The Morgan fingerprint density at radius 1 is 1.32 bits per heavy atom. The third-order valence-corrected chi connectivity index (χ3v) is 2.73. The first-order valence-corrected chi connectivity index (χ1v) is 6.31. The van der Waals surface area contributed by atoms with E-state index in [-0.39, 0.29) is 6.42 Å². The summed E-state index contributed by atoms with van der Waals surface area (Å²) < 4.78 is 5.07. The second-order valence-corrected chi connectivity index (χ2v) is 4.07. The molecule has 1 unspecified atom stereocenters. The Balaban J connectivity index is 2.64. The van der Waals surface area contributed by atoms with Crippen molar-refractivity contribution in [1.29, 1.82) is 0 Å². The van der Waals surface area contributed by atoms with Gasteiger partial charge in [0.1, 0.15) is 0 Å². The molecule has 0 amide bonds. The lowest BCUT2D eigenvalue weighted by Gasteiger charge is -2.14. The second kappa shape index (κ2) is 7.63. The minimum atomic E-state index is -0.900. The molecule has 0 radical (unpaired) electrons. The first kappa shape index (κ1) is 15.3. The molecule has 1 atom stereocenters. The number of carbonyl (C=O) groups is 1. The Hall–Kier alpha value is -1.76. The second-order valence-electron chi connectivity index (χ2n) is 4.07. The van der Waals surface area contributed by atoms with E-state index < -0.39 is 12.1 Å². The Morgan fingerprint density at radius 2 is 2.00 bits per heavy atom. The van der Waals surface area contributed by atoms with Crippen LogP contribution in [0.1, 0.15) is 31.7 Å². The van der Waals surface area contributed by atoms with Crippen molar-refractivity contribution in [3.8, 4) is 0 Å². The maximum atomic E-state index is 10.6. The fourth-order valence-corrected chi connectivity index (χ4v) is 1.65. The summed E-state index contributed by atoms with van der Waals surface area (Å²) in [7, 11) is 1.48. The lowest BCUT2D eigenvalue weighted by Crippen LogP contribution is -2.26. The van der Waals surface area contributed by atoms with Crippen LogP contribution in [0.3, 0.4) is 0 Å². The Bertz CT molecular complexity index is 425. The molecule has 106 valence electrons. The van der Waals surface area contributed by atoms with Crippen molar-refractivity contribution in [3.63, 3.8) is 0 Å². The van der Waals surface area contributed by atoms with Gasteiger partial charge in [0.05, 0.1) is 23.9 Å². The molecule has 0 aliphatic carbocycles. The molecule has 1 heterocycles. The summed E-state index contributed by atoms with van der Waals surface area (Å²) in [6, 6.07) is 0. The molecule has 1 aromatic heterocycles. The molecule has 2 N–H and O–H groups in total. The van der Waals surface area contributed by atoms with Gasteiger partial charge in [-0.2, -0.15) is 5.10 Å². The van der Waals surface area contributed by atoms with E-state index in [1.54, 1.807) is 0 Å². The smallest absolute Gasteiger partial charge is 0.306 e. The van der Waals surface area contributed by atoms with E-state index in [2.05, 4.69) is 20.5 Å². The highest BCUT2D eigenvalue weighted by atomic mass is 16.5. The zero-order valence-corrected chi connectivity index (χ0v) is 11.5. The number of nitrogens with one attached hydrogen (secondary N) is 1. The summed E-state index contributed by atoms with van der Waals surface area (Å²) in [5.41, 5.74) is 1.80. The number of methoxy groups -OCH3 is 1. The van der Waals surface area contributed by atoms with Crippen LogP contribution in [0.5, 0.6) is 0 Å². The number of aromatic nitrogens is 3. The van der Waals surface area contributed by atoms with Gasteiger partial charge >= 0.3 is 5.97 Å². The third-order valence-electron chi connectivity index (χ3n) is 2.73. The van der Waals surface area contributed by atoms with Gasteiger partial charge in [0.2, 0.25) is 5.95 Å².